The Labute approximate surface area is 194 Å². The van der Waals surface area contributed by atoms with Crippen molar-refractivity contribution < 1.29 is 18.4 Å². The van der Waals surface area contributed by atoms with Gasteiger partial charge >= 0.3 is 0 Å². The van der Waals surface area contributed by atoms with Gasteiger partial charge in [-0.1, -0.05) is 58.7 Å². The van der Waals surface area contributed by atoms with E-state index in [1.165, 1.54) is 35.2 Å². The van der Waals surface area contributed by atoms with Gasteiger partial charge in [0.25, 0.3) is 5.91 Å². The molecule has 1 aliphatic heterocycles. The number of oxime groups is 1. The minimum Gasteiger partial charge on any atom is -0.390 e. The Morgan fingerprint density at radius 2 is 1.84 bits per heavy atom. The van der Waals surface area contributed by atoms with Crippen LogP contribution in [0.25, 0.3) is 0 Å². The molecule has 1 aliphatic rings. The average molecular weight is 475 g/mol. The second-order valence-corrected chi connectivity index (χ2v) is 8.21. The molecule has 0 aliphatic carbocycles. The third kappa shape index (κ3) is 5.09. The standard InChI is InChI=1S/C24H18Cl2F2N2O2/c25-20-9-8-16(11-21(20)26)23-12-18(32-29-23)14-30(13-15-4-3-5-17(27)10-15)24(31)19-6-1-2-7-22(19)28/h1-11,18H,12-14H2/t18-/m0/s1. The molecule has 0 radical (unpaired) electrons. The Hall–Kier alpha value is -2.96. The summed E-state index contributed by atoms with van der Waals surface area (Å²) in [7, 11) is 0. The Morgan fingerprint density at radius 3 is 2.59 bits per heavy atom. The monoisotopic (exact) mass is 474 g/mol. The molecule has 1 amide bonds. The van der Waals surface area contributed by atoms with Crippen molar-refractivity contribution in [3.8, 4) is 0 Å². The fourth-order valence-electron chi connectivity index (χ4n) is 3.50. The van der Waals surface area contributed by atoms with Crippen LogP contribution < -0.4 is 0 Å². The molecule has 0 N–H and O–H groups in total. The predicted molar refractivity (Wildman–Crippen MR) is 120 cm³/mol. The van der Waals surface area contributed by atoms with Crippen molar-refractivity contribution in [1.82, 2.24) is 4.90 Å². The smallest absolute Gasteiger partial charge is 0.257 e. The van der Waals surface area contributed by atoms with Gasteiger partial charge in [-0.05, 0) is 42.0 Å². The van der Waals surface area contributed by atoms with Gasteiger partial charge in [0.15, 0.2) is 6.10 Å². The summed E-state index contributed by atoms with van der Waals surface area (Å²) in [5.41, 5.74) is 1.95. The minimum absolute atomic E-state index is 0.0625. The fourth-order valence-corrected chi connectivity index (χ4v) is 3.80. The van der Waals surface area contributed by atoms with Crippen LogP contribution in [-0.2, 0) is 11.4 Å². The van der Waals surface area contributed by atoms with Crippen molar-refractivity contribution in [2.24, 2.45) is 5.16 Å². The van der Waals surface area contributed by atoms with Gasteiger partial charge in [0.05, 0.1) is 27.9 Å². The van der Waals surface area contributed by atoms with E-state index in [0.717, 1.165) is 5.56 Å². The molecule has 4 nitrogen and oxygen atoms in total. The zero-order valence-electron chi connectivity index (χ0n) is 16.8. The summed E-state index contributed by atoms with van der Waals surface area (Å²) in [6.07, 6.45) is -0.0361. The van der Waals surface area contributed by atoms with Crippen molar-refractivity contribution in [3.05, 3.63) is 105 Å². The molecule has 4 rings (SSSR count). The maximum atomic E-state index is 14.3. The molecule has 8 heteroatoms. The van der Waals surface area contributed by atoms with Gasteiger partial charge in [-0.2, -0.15) is 0 Å². The van der Waals surface area contributed by atoms with E-state index in [0.29, 0.717) is 27.7 Å². The highest BCUT2D eigenvalue weighted by Gasteiger charge is 2.28. The maximum absolute atomic E-state index is 14.3. The van der Waals surface area contributed by atoms with E-state index < -0.39 is 23.6 Å². The van der Waals surface area contributed by atoms with Crippen molar-refractivity contribution in [2.75, 3.05) is 6.54 Å². The van der Waals surface area contributed by atoms with E-state index in [-0.39, 0.29) is 18.7 Å². The minimum atomic E-state index is -0.623. The average Bonchev–Trinajstić information content (AvgIpc) is 3.24. The highest BCUT2D eigenvalue weighted by Crippen LogP contribution is 2.26. The van der Waals surface area contributed by atoms with Crippen molar-refractivity contribution in [1.29, 1.82) is 0 Å². The van der Waals surface area contributed by atoms with E-state index in [1.807, 2.05) is 0 Å². The van der Waals surface area contributed by atoms with Gasteiger partial charge in [0.2, 0.25) is 0 Å². The first-order valence-corrected chi connectivity index (χ1v) is 10.6. The largest absolute Gasteiger partial charge is 0.390 e. The van der Waals surface area contributed by atoms with Crippen molar-refractivity contribution in [3.63, 3.8) is 0 Å². The Bertz CT molecular complexity index is 1190. The Morgan fingerprint density at radius 1 is 1.03 bits per heavy atom. The Balaban J connectivity index is 1.53. The number of carbonyl (C=O) groups is 1. The number of hydrogen-bond acceptors (Lipinski definition) is 3. The number of hydrogen-bond donors (Lipinski definition) is 0. The molecule has 1 heterocycles. The van der Waals surface area contributed by atoms with Crippen LogP contribution >= 0.6 is 23.2 Å². The first-order chi connectivity index (χ1) is 15.4. The van der Waals surface area contributed by atoms with E-state index in [9.17, 15) is 13.6 Å². The number of rotatable bonds is 6. The van der Waals surface area contributed by atoms with Gasteiger partial charge in [-0.25, -0.2) is 8.78 Å². The lowest BCUT2D eigenvalue weighted by molar-refractivity contribution is 0.0402. The van der Waals surface area contributed by atoms with E-state index in [4.69, 9.17) is 28.0 Å². The van der Waals surface area contributed by atoms with E-state index in [2.05, 4.69) is 5.16 Å². The summed E-state index contributed by atoms with van der Waals surface area (Å²) < 4.78 is 28.0. The lowest BCUT2D eigenvalue weighted by Gasteiger charge is -2.25. The Kier molecular flexibility index (Phi) is 6.72. The number of benzene rings is 3. The molecule has 0 saturated carbocycles. The van der Waals surface area contributed by atoms with Gasteiger partial charge in [0, 0.05) is 18.5 Å². The molecule has 0 unspecified atom stereocenters. The molecule has 32 heavy (non-hydrogen) atoms. The van der Waals surface area contributed by atoms with Crippen LogP contribution in [0.15, 0.2) is 71.9 Å². The van der Waals surface area contributed by atoms with Crippen LogP contribution in [0.4, 0.5) is 8.78 Å². The van der Waals surface area contributed by atoms with Crippen LogP contribution in [-0.4, -0.2) is 29.2 Å². The highest BCUT2D eigenvalue weighted by atomic mass is 35.5. The molecular weight excluding hydrogens is 457 g/mol. The quantitative estimate of drug-likeness (QED) is 0.432. The van der Waals surface area contributed by atoms with Crippen molar-refractivity contribution >= 4 is 34.8 Å². The SMILES string of the molecule is O=C(c1ccccc1F)N(Cc1cccc(F)c1)C[C@@H]1CC(c2ccc(Cl)c(Cl)c2)=NO1. The van der Waals surface area contributed by atoms with Crippen LogP contribution in [0, 0.1) is 11.6 Å². The molecule has 3 aromatic carbocycles. The number of amides is 1. The molecule has 0 aromatic heterocycles. The zero-order valence-corrected chi connectivity index (χ0v) is 18.3. The molecular formula is C24H18Cl2F2N2O2. The van der Waals surface area contributed by atoms with E-state index >= 15 is 0 Å². The summed E-state index contributed by atoms with van der Waals surface area (Å²) in [4.78, 5) is 20.1. The summed E-state index contributed by atoms with van der Waals surface area (Å²) in [5, 5.41) is 4.96. The molecule has 1 atom stereocenters. The van der Waals surface area contributed by atoms with Gasteiger partial charge in [-0.15, -0.1) is 0 Å². The molecule has 3 aromatic rings. The molecule has 0 bridgehead atoms. The highest BCUT2D eigenvalue weighted by molar-refractivity contribution is 6.42. The number of halogens is 4. The van der Waals surface area contributed by atoms with Crippen LogP contribution in [0.5, 0.6) is 0 Å². The lowest BCUT2D eigenvalue weighted by Crippen LogP contribution is -2.37. The second kappa shape index (κ2) is 9.67. The molecule has 0 saturated heterocycles. The third-order valence-corrected chi connectivity index (χ3v) is 5.80. The first kappa shape index (κ1) is 22.2. The molecule has 164 valence electrons. The molecule has 0 spiro atoms. The predicted octanol–water partition coefficient (Wildman–Crippen LogP) is 6.11. The fraction of sp³-hybridized carbons (Fsp3) is 0.167. The summed E-state index contributed by atoms with van der Waals surface area (Å²) in [5.74, 6) is -1.55. The zero-order chi connectivity index (χ0) is 22.7. The van der Waals surface area contributed by atoms with Gasteiger partial charge in [-0.3, -0.25) is 4.79 Å². The molecule has 0 fully saturated rings. The summed E-state index contributed by atoms with van der Waals surface area (Å²) >= 11 is 12.1. The topological polar surface area (TPSA) is 41.9 Å². The third-order valence-electron chi connectivity index (χ3n) is 5.06. The summed E-state index contributed by atoms with van der Waals surface area (Å²) in [6, 6.07) is 16.8. The normalized spacial score (nSPS) is 15.2. The summed E-state index contributed by atoms with van der Waals surface area (Å²) in [6.45, 7) is 0.227. The number of nitrogens with zero attached hydrogens (tertiary/aromatic N) is 2. The van der Waals surface area contributed by atoms with Crippen LogP contribution in [0.1, 0.15) is 27.9 Å². The van der Waals surface area contributed by atoms with Gasteiger partial charge < -0.3 is 9.74 Å². The lowest BCUT2D eigenvalue weighted by atomic mass is 10.0. The van der Waals surface area contributed by atoms with E-state index in [1.54, 1.807) is 36.4 Å². The van der Waals surface area contributed by atoms with Gasteiger partial charge in [0.1, 0.15) is 11.6 Å². The van der Waals surface area contributed by atoms with Crippen LogP contribution in [0.3, 0.4) is 0 Å². The second-order valence-electron chi connectivity index (χ2n) is 7.39. The first-order valence-electron chi connectivity index (χ1n) is 9.87. The van der Waals surface area contributed by atoms with Crippen molar-refractivity contribution in [2.45, 2.75) is 19.1 Å². The van der Waals surface area contributed by atoms with Crippen LogP contribution in [0.2, 0.25) is 10.0 Å². The number of carbonyl (C=O) groups excluding carboxylic acids is 1. The maximum Gasteiger partial charge on any atom is 0.257 e.